The van der Waals surface area contributed by atoms with Crippen molar-refractivity contribution in [1.29, 1.82) is 0 Å². The molecule has 0 radical (unpaired) electrons. The van der Waals surface area contributed by atoms with Crippen LogP contribution in [0.2, 0.25) is 0 Å². The zero-order chi connectivity index (χ0) is 20.0. The number of para-hydroxylation sites is 1. The molecule has 27 heavy (non-hydrogen) atoms. The van der Waals surface area contributed by atoms with Crippen LogP contribution in [-0.2, 0) is 10.0 Å². The topological polar surface area (TPSA) is 104 Å². The molecule has 2 rings (SSSR count). The van der Waals surface area contributed by atoms with Crippen LogP contribution < -0.4 is 15.4 Å². The fourth-order valence-corrected chi connectivity index (χ4v) is 3.07. The molecule has 0 aliphatic heterocycles. The Hall–Kier alpha value is -2.71. The van der Waals surface area contributed by atoms with Crippen LogP contribution in [0.1, 0.15) is 34.6 Å². The number of sulfonamides is 1. The molecular formula is C19H23N3O4S. The average Bonchev–Trinajstić information content (AvgIpc) is 2.66. The van der Waals surface area contributed by atoms with Gasteiger partial charge in [0.15, 0.2) is 0 Å². The van der Waals surface area contributed by atoms with Crippen molar-refractivity contribution in [3.63, 3.8) is 0 Å². The summed E-state index contributed by atoms with van der Waals surface area (Å²) in [6.07, 6.45) is 0. The summed E-state index contributed by atoms with van der Waals surface area (Å²) in [6, 6.07) is 12.3. The van der Waals surface area contributed by atoms with Gasteiger partial charge in [0.05, 0.1) is 16.1 Å². The molecule has 0 aliphatic rings. The normalized spacial score (nSPS) is 11.3. The Morgan fingerprint density at radius 3 is 2.37 bits per heavy atom. The van der Waals surface area contributed by atoms with Crippen molar-refractivity contribution in [3.8, 4) is 0 Å². The number of benzene rings is 2. The number of nitrogens with one attached hydrogen (secondary N) is 3. The maximum Gasteiger partial charge on any atom is 0.255 e. The Balaban J connectivity index is 2.24. The predicted octanol–water partition coefficient (Wildman–Crippen LogP) is 2.23. The van der Waals surface area contributed by atoms with Crippen LogP contribution in [-0.4, -0.2) is 33.8 Å². The van der Waals surface area contributed by atoms with E-state index in [1.807, 2.05) is 13.8 Å². The summed E-state index contributed by atoms with van der Waals surface area (Å²) < 4.78 is 26.0. The van der Waals surface area contributed by atoms with Crippen LogP contribution >= 0.6 is 0 Å². The predicted molar refractivity (Wildman–Crippen MR) is 104 cm³/mol. The van der Waals surface area contributed by atoms with E-state index in [2.05, 4.69) is 15.4 Å². The molecule has 0 bridgehead atoms. The van der Waals surface area contributed by atoms with Gasteiger partial charge in [-0.15, -0.1) is 0 Å². The number of amides is 2. The molecule has 0 spiro atoms. The smallest absolute Gasteiger partial charge is 0.255 e. The van der Waals surface area contributed by atoms with Crippen molar-refractivity contribution in [2.24, 2.45) is 5.92 Å². The molecule has 2 aromatic rings. The van der Waals surface area contributed by atoms with Crippen LogP contribution in [0.3, 0.4) is 0 Å². The molecule has 0 saturated heterocycles. The van der Waals surface area contributed by atoms with E-state index in [-0.39, 0.29) is 16.4 Å². The summed E-state index contributed by atoms with van der Waals surface area (Å²) in [6.45, 7) is 4.49. The molecule has 144 valence electrons. The third-order valence-corrected chi connectivity index (χ3v) is 5.18. The van der Waals surface area contributed by atoms with E-state index in [1.54, 1.807) is 24.3 Å². The first-order valence-corrected chi connectivity index (χ1v) is 9.95. The first-order valence-electron chi connectivity index (χ1n) is 8.47. The lowest BCUT2D eigenvalue weighted by molar-refractivity contribution is 0.0950. The molecule has 8 heteroatoms. The fourth-order valence-electron chi connectivity index (χ4n) is 2.30. The maximum atomic E-state index is 12.6. The van der Waals surface area contributed by atoms with Gasteiger partial charge in [0, 0.05) is 12.1 Å². The van der Waals surface area contributed by atoms with Gasteiger partial charge in [0.2, 0.25) is 10.0 Å². The fraction of sp³-hybridized carbons (Fsp3) is 0.263. The minimum absolute atomic E-state index is 0.0133. The Kier molecular flexibility index (Phi) is 6.70. The molecule has 0 aliphatic carbocycles. The minimum atomic E-state index is -3.66. The summed E-state index contributed by atoms with van der Waals surface area (Å²) >= 11 is 0. The zero-order valence-electron chi connectivity index (χ0n) is 15.4. The highest BCUT2D eigenvalue weighted by molar-refractivity contribution is 7.89. The summed E-state index contributed by atoms with van der Waals surface area (Å²) in [5.41, 5.74) is 0.861. The molecule has 2 amide bonds. The first-order chi connectivity index (χ1) is 12.7. The molecule has 0 heterocycles. The molecule has 0 saturated carbocycles. The second-order valence-corrected chi connectivity index (χ2v) is 8.23. The molecule has 0 unspecified atom stereocenters. The molecule has 7 nitrogen and oxygen atoms in total. The van der Waals surface area contributed by atoms with Gasteiger partial charge < -0.3 is 10.6 Å². The highest BCUT2D eigenvalue weighted by Gasteiger charge is 2.17. The van der Waals surface area contributed by atoms with Crippen molar-refractivity contribution in [2.75, 3.05) is 18.9 Å². The minimum Gasteiger partial charge on any atom is -0.352 e. The van der Waals surface area contributed by atoms with E-state index in [1.165, 1.54) is 31.3 Å². The molecule has 0 fully saturated rings. The van der Waals surface area contributed by atoms with E-state index in [0.29, 0.717) is 23.7 Å². The van der Waals surface area contributed by atoms with Crippen molar-refractivity contribution in [1.82, 2.24) is 10.0 Å². The summed E-state index contributed by atoms with van der Waals surface area (Å²) in [4.78, 5) is 24.9. The van der Waals surface area contributed by atoms with Crippen LogP contribution in [0.25, 0.3) is 0 Å². The van der Waals surface area contributed by atoms with Gasteiger partial charge in [-0.25, -0.2) is 13.1 Å². The number of carbonyl (C=O) groups is 2. The lowest BCUT2D eigenvalue weighted by atomic mass is 10.1. The van der Waals surface area contributed by atoms with Crippen LogP contribution in [0.4, 0.5) is 5.69 Å². The second-order valence-electron chi connectivity index (χ2n) is 6.34. The number of hydrogen-bond donors (Lipinski definition) is 3. The summed E-state index contributed by atoms with van der Waals surface area (Å²) in [5, 5.41) is 5.49. The van der Waals surface area contributed by atoms with Crippen LogP contribution in [0.5, 0.6) is 0 Å². The largest absolute Gasteiger partial charge is 0.352 e. The SMILES string of the molecule is CNS(=O)(=O)c1cccc(C(=O)Nc2ccccc2C(=O)NCC(C)C)c1. The van der Waals surface area contributed by atoms with Gasteiger partial charge in [0.1, 0.15) is 0 Å². The van der Waals surface area contributed by atoms with Crippen LogP contribution in [0.15, 0.2) is 53.4 Å². The first kappa shape index (κ1) is 20.6. The quantitative estimate of drug-likeness (QED) is 0.675. The van der Waals surface area contributed by atoms with E-state index in [0.717, 1.165) is 0 Å². The van der Waals surface area contributed by atoms with E-state index >= 15 is 0 Å². The summed E-state index contributed by atoms with van der Waals surface area (Å²) in [7, 11) is -2.36. The molecule has 2 aromatic carbocycles. The highest BCUT2D eigenvalue weighted by atomic mass is 32.2. The van der Waals surface area contributed by atoms with Gasteiger partial charge >= 0.3 is 0 Å². The number of anilines is 1. The van der Waals surface area contributed by atoms with E-state index < -0.39 is 15.9 Å². The molecule has 0 atom stereocenters. The standard InChI is InChI=1S/C19H23N3O4S/c1-13(2)12-21-19(24)16-9-4-5-10-17(16)22-18(23)14-7-6-8-15(11-14)27(25,26)20-3/h4-11,13,20H,12H2,1-3H3,(H,21,24)(H,22,23). The van der Waals surface area contributed by atoms with Gasteiger partial charge in [-0.2, -0.15) is 0 Å². The Morgan fingerprint density at radius 1 is 1.00 bits per heavy atom. The zero-order valence-corrected chi connectivity index (χ0v) is 16.3. The number of rotatable bonds is 7. The Labute approximate surface area is 159 Å². The van der Waals surface area contributed by atoms with Gasteiger partial charge in [0.25, 0.3) is 11.8 Å². The lowest BCUT2D eigenvalue weighted by Gasteiger charge is -2.13. The number of hydrogen-bond acceptors (Lipinski definition) is 4. The third-order valence-electron chi connectivity index (χ3n) is 3.77. The van der Waals surface area contributed by atoms with Gasteiger partial charge in [-0.1, -0.05) is 32.0 Å². The lowest BCUT2D eigenvalue weighted by Crippen LogP contribution is -2.28. The molecule has 0 aromatic heterocycles. The third kappa shape index (κ3) is 5.38. The van der Waals surface area contributed by atoms with Crippen LogP contribution in [0, 0.1) is 5.92 Å². The molecular weight excluding hydrogens is 366 g/mol. The average molecular weight is 389 g/mol. The van der Waals surface area contributed by atoms with Crippen molar-refractivity contribution in [2.45, 2.75) is 18.7 Å². The van der Waals surface area contributed by atoms with Crippen molar-refractivity contribution in [3.05, 3.63) is 59.7 Å². The molecule has 3 N–H and O–H groups in total. The van der Waals surface area contributed by atoms with Gasteiger partial charge in [-0.3, -0.25) is 9.59 Å². The Bertz CT molecular complexity index is 939. The second kappa shape index (κ2) is 8.79. The summed E-state index contributed by atoms with van der Waals surface area (Å²) in [5.74, 6) is -0.494. The number of carbonyl (C=O) groups excluding carboxylic acids is 2. The van der Waals surface area contributed by atoms with Crippen molar-refractivity contribution < 1.29 is 18.0 Å². The monoisotopic (exact) mass is 389 g/mol. The van der Waals surface area contributed by atoms with Gasteiger partial charge in [-0.05, 0) is 43.3 Å². The van der Waals surface area contributed by atoms with E-state index in [9.17, 15) is 18.0 Å². The Morgan fingerprint density at radius 2 is 1.70 bits per heavy atom. The van der Waals surface area contributed by atoms with Crippen molar-refractivity contribution >= 4 is 27.5 Å². The van der Waals surface area contributed by atoms with E-state index in [4.69, 9.17) is 0 Å². The highest BCUT2D eigenvalue weighted by Crippen LogP contribution is 2.18. The maximum absolute atomic E-state index is 12.6.